The highest BCUT2D eigenvalue weighted by molar-refractivity contribution is 7.87. The normalized spacial score (nSPS) is 18.5. The quantitative estimate of drug-likeness (QED) is 0.233. The molecule has 2 heterocycles. The van der Waals surface area contributed by atoms with Gasteiger partial charge in [0.15, 0.2) is 0 Å². The summed E-state index contributed by atoms with van der Waals surface area (Å²) in [6, 6.07) is 12.7. The van der Waals surface area contributed by atoms with Crippen molar-refractivity contribution < 1.29 is 39.6 Å². The van der Waals surface area contributed by atoms with Gasteiger partial charge in [-0.3, -0.25) is 0 Å². The molecule has 0 aromatic heterocycles. The van der Waals surface area contributed by atoms with Gasteiger partial charge in [-0.1, -0.05) is 0 Å². The van der Waals surface area contributed by atoms with Gasteiger partial charge < -0.3 is 23.5 Å². The van der Waals surface area contributed by atoms with Crippen molar-refractivity contribution in [1.82, 2.24) is 0 Å². The fourth-order valence-corrected chi connectivity index (χ4v) is 5.03. The predicted molar refractivity (Wildman–Crippen MR) is 135 cm³/mol. The Morgan fingerprint density at radius 2 is 1.74 bits per heavy atom. The number of alkyl halides is 3. The molecule has 0 radical (unpaired) electrons. The number of hydrogen-bond acceptors (Lipinski definition) is 8. The van der Waals surface area contributed by atoms with Crippen molar-refractivity contribution in [1.29, 1.82) is 5.26 Å². The highest BCUT2D eigenvalue weighted by atomic mass is 32.2. The van der Waals surface area contributed by atoms with Gasteiger partial charge in [-0.25, -0.2) is 4.39 Å². The van der Waals surface area contributed by atoms with E-state index in [1.165, 1.54) is 12.1 Å². The predicted octanol–water partition coefficient (Wildman–Crippen LogP) is 5.12. The van der Waals surface area contributed by atoms with Crippen LogP contribution in [-0.4, -0.2) is 52.3 Å². The molecule has 0 saturated carbocycles. The number of benzene rings is 2. The largest absolute Gasteiger partial charge is 0.534 e. The Labute approximate surface area is 224 Å². The monoisotopic (exact) mass is 569 g/mol. The molecule has 0 N–H and O–H groups in total. The highest BCUT2D eigenvalue weighted by Crippen LogP contribution is 2.33. The molecule has 4 rings (SSSR count). The molecule has 1 fully saturated rings. The third kappa shape index (κ3) is 6.68. The van der Waals surface area contributed by atoms with Crippen LogP contribution in [0.5, 0.6) is 11.5 Å². The first kappa shape index (κ1) is 28.4. The van der Waals surface area contributed by atoms with E-state index in [1.54, 1.807) is 41.3 Å². The molecular weight excluding hydrogens is 542 g/mol. The highest BCUT2D eigenvalue weighted by Gasteiger charge is 2.49. The van der Waals surface area contributed by atoms with Gasteiger partial charge in [-0.05, 0) is 49.4 Å². The van der Waals surface area contributed by atoms with E-state index in [4.69, 9.17) is 14.7 Å². The summed E-state index contributed by atoms with van der Waals surface area (Å²) in [5.74, 6) is 0.465. The van der Waals surface area contributed by atoms with Crippen LogP contribution in [0.3, 0.4) is 0 Å². The zero-order chi connectivity index (χ0) is 28.2. The molecule has 0 aliphatic carbocycles. The van der Waals surface area contributed by atoms with E-state index in [2.05, 4.69) is 4.18 Å². The zero-order valence-electron chi connectivity index (χ0n) is 21.0. The molecule has 1 unspecified atom stereocenters. The second-order valence-electron chi connectivity index (χ2n) is 9.02. The molecular formula is C26H27F4N3O5S. The maximum atomic E-state index is 14.4. The molecule has 2 aromatic rings. The number of ether oxygens (including phenoxy) is 2. The summed E-state index contributed by atoms with van der Waals surface area (Å²) < 4.78 is 91.2. The number of anilines is 2. The van der Waals surface area contributed by atoms with Crippen molar-refractivity contribution in [2.24, 2.45) is 0 Å². The molecule has 2 aliphatic heterocycles. The first-order chi connectivity index (χ1) is 18.5. The van der Waals surface area contributed by atoms with Crippen LogP contribution in [0.4, 0.5) is 28.9 Å². The number of hydrogen-bond donors (Lipinski definition) is 0. The third-order valence-electron chi connectivity index (χ3n) is 6.39. The summed E-state index contributed by atoms with van der Waals surface area (Å²) in [5.41, 5.74) is -4.51. The van der Waals surface area contributed by atoms with Crippen molar-refractivity contribution in [2.45, 2.75) is 43.8 Å². The lowest BCUT2D eigenvalue weighted by molar-refractivity contribution is -0.0521. The van der Waals surface area contributed by atoms with E-state index in [0.29, 0.717) is 55.4 Å². The van der Waals surface area contributed by atoms with E-state index in [9.17, 15) is 26.0 Å². The van der Waals surface area contributed by atoms with Crippen molar-refractivity contribution >= 4 is 21.5 Å². The minimum Gasteiger partial charge on any atom is -0.494 e. The van der Waals surface area contributed by atoms with E-state index < -0.39 is 27.4 Å². The molecule has 0 amide bonds. The number of piperidine rings is 1. The molecule has 0 bridgehead atoms. The molecule has 39 heavy (non-hydrogen) atoms. The van der Waals surface area contributed by atoms with Gasteiger partial charge >= 0.3 is 15.6 Å². The smallest absolute Gasteiger partial charge is 0.494 e. The van der Waals surface area contributed by atoms with Crippen molar-refractivity contribution in [3.8, 4) is 17.6 Å². The Kier molecular flexibility index (Phi) is 8.44. The number of halogens is 4. The summed E-state index contributed by atoms with van der Waals surface area (Å²) in [6.07, 6.45) is 2.35. The van der Waals surface area contributed by atoms with Gasteiger partial charge in [0.2, 0.25) is 0 Å². The number of rotatable bonds is 9. The van der Waals surface area contributed by atoms with E-state index >= 15 is 0 Å². The van der Waals surface area contributed by atoms with Gasteiger partial charge in [0.1, 0.15) is 29.2 Å². The van der Waals surface area contributed by atoms with Crippen LogP contribution in [0.25, 0.3) is 0 Å². The Bertz CT molecular complexity index is 1330. The topological polar surface area (TPSA) is 92.1 Å². The number of nitriles is 1. The molecule has 210 valence electrons. The minimum absolute atomic E-state index is 0.0795. The molecule has 2 aliphatic rings. The summed E-state index contributed by atoms with van der Waals surface area (Å²) in [7, 11) is -5.81. The van der Waals surface area contributed by atoms with Crippen LogP contribution in [0, 0.1) is 17.1 Å². The molecule has 2 aromatic carbocycles. The summed E-state index contributed by atoms with van der Waals surface area (Å²) >= 11 is 0. The Morgan fingerprint density at radius 3 is 2.36 bits per heavy atom. The lowest BCUT2D eigenvalue weighted by Crippen LogP contribution is -2.38. The van der Waals surface area contributed by atoms with Crippen molar-refractivity contribution in [3.63, 3.8) is 0 Å². The average Bonchev–Trinajstić information content (AvgIpc) is 3.27. The first-order valence-electron chi connectivity index (χ1n) is 12.3. The molecule has 1 saturated heterocycles. The van der Waals surface area contributed by atoms with Gasteiger partial charge in [-0.15, -0.1) is 0 Å². The summed E-state index contributed by atoms with van der Waals surface area (Å²) in [5, 5.41) is 9.11. The van der Waals surface area contributed by atoms with Crippen LogP contribution in [-0.2, 0) is 14.3 Å². The molecule has 13 heteroatoms. The number of nitrogens with zero attached hydrogens (tertiary/aromatic N) is 3. The fraction of sp³-hybridized carbons (Fsp3) is 0.423. The van der Waals surface area contributed by atoms with Gasteiger partial charge in [-0.2, -0.15) is 26.9 Å². The SMILES string of the molecule is CCOc1ccc(F)c(N2CCC(Oc3ccc(N4CC(OS(=O)(=O)C(F)(F)F)=CC4CC#N)cc3)CC2)c1. The van der Waals surface area contributed by atoms with Crippen molar-refractivity contribution in [2.75, 3.05) is 36.0 Å². The summed E-state index contributed by atoms with van der Waals surface area (Å²) in [6.45, 7) is 3.29. The van der Waals surface area contributed by atoms with E-state index in [0.717, 1.165) is 0 Å². The standard InChI is InChI=1S/C26H27F4N3O5S/c1-2-36-22-7-8-24(27)25(16-22)32-13-10-21(11-14-32)37-20-5-3-18(4-6-20)33-17-23(15-19(33)9-12-31)38-39(34,35)26(28,29)30/h3-8,15-16,19,21H,2,9-11,13-14,17H2,1H3. The Morgan fingerprint density at radius 1 is 1.08 bits per heavy atom. The summed E-state index contributed by atoms with van der Waals surface area (Å²) in [4.78, 5) is 3.53. The van der Waals surface area contributed by atoms with Gasteiger partial charge in [0.25, 0.3) is 0 Å². The van der Waals surface area contributed by atoms with Crippen LogP contribution >= 0.6 is 0 Å². The maximum absolute atomic E-state index is 14.4. The minimum atomic E-state index is -5.81. The lowest BCUT2D eigenvalue weighted by Gasteiger charge is -2.34. The van der Waals surface area contributed by atoms with Gasteiger partial charge in [0, 0.05) is 37.7 Å². The fourth-order valence-electron chi connectivity index (χ4n) is 4.54. The van der Waals surface area contributed by atoms with Crippen molar-refractivity contribution in [3.05, 3.63) is 60.1 Å². The van der Waals surface area contributed by atoms with Crippen LogP contribution in [0.1, 0.15) is 26.2 Å². The van der Waals surface area contributed by atoms with E-state index in [-0.39, 0.29) is 24.9 Å². The van der Waals surface area contributed by atoms with Crippen LogP contribution in [0.2, 0.25) is 0 Å². The van der Waals surface area contributed by atoms with Crippen LogP contribution in [0.15, 0.2) is 54.3 Å². The average molecular weight is 570 g/mol. The molecule has 1 atom stereocenters. The first-order valence-corrected chi connectivity index (χ1v) is 13.7. The second kappa shape index (κ2) is 11.6. The maximum Gasteiger partial charge on any atom is 0.534 e. The zero-order valence-corrected chi connectivity index (χ0v) is 21.8. The lowest BCUT2D eigenvalue weighted by atomic mass is 10.1. The Balaban J connectivity index is 1.35. The van der Waals surface area contributed by atoms with Crippen LogP contribution < -0.4 is 19.3 Å². The molecule has 0 spiro atoms. The van der Waals surface area contributed by atoms with E-state index in [1.807, 2.05) is 17.9 Å². The molecule has 8 nitrogen and oxygen atoms in total. The van der Waals surface area contributed by atoms with Gasteiger partial charge in [0.05, 0.1) is 37.4 Å². The third-order valence-corrected chi connectivity index (χ3v) is 7.39. The second-order valence-corrected chi connectivity index (χ2v) is 10.6. The Hall–Kier alpha value is -3.66.